The average Bonchev–Trinajstić information content (AvgIpc) is 2.67. The Labute approximate surface area is 170 Å². The van der Waals surface area contributed by atoms with Gasteiger partial charge in [0.2, 0.25) is 5.95 Å². The number of anilines is 2. The normalized spacial score (nSPS) is 15.3. The Hall–Kier alpha value is -2.03. The maximum Gasteiger partial charge on any atom is 0.573 e. The number of aromatic nitrogens is 2. The number of nitrogens with one attached hydrogen (secondary N) is 2. The molecule has 1 fully saturated rings. The molecule has 0 atom stereocenters. The molecule has 0 aliphatic heterocycles. The van der Waals surface area contributed by atoms with E-state index < -0.39 is 6.36 Å². The maximum absolute atomic E-state index is 12.5. The van der Waals surface area contributed by atoms with Gasteiger partial charge in [-0.2, -0.15) is 4.98 Å². The lowest BCUT2D eigenvalue weighted by molar-refractivity contribution is -0.274. The van der Waals surface area contributed by atoms with Crippen LogP contribution < -0.4 is 15.4 Å². The molecule has 1 saturated carbocycles. The van der Waals surface area contributed by atoms with Crippen LogP contribution in [0.5, 0.6) is 5.75 Å². The van der Waals surface area contributed by atoms with Gasteiger partial charge in [0.1, 0.15) is 11.6 Å². The molecule has 1 aromatic heterocycles. The first-order valence-electron chi connectivity index (χ1n) is 9.24. The Kier molecular flexibility index (Phi) is 6.98. The SMILES string of the molecule is FC(F)(F)Oc1ccccc1CNc1ncc(Br)c(NCC2CCCCC2)n1. The van der Waals surface area contributed by atoms with E-state index in [0.717, 1.165) is 11.0 Å². The maximum atomic E-state index is 12.5. The molecule has 0 unspecified atom stereocenters. The van der Waals surface area contributed by atoms with Crippen LogP contribution in [0.4, 0.5) is 24.9 Å². The van der Waals surface area contributed by atoms with E-state index in [4.69, 9.17) is 0 Å². The summed E-state index contributed by atoms with van der Waals surface area (Å²) in [6.07, 6.45) is 3.17. The van der Waals surface area contributed by atoms with Gasteiger partial charge in [-0.15, -0.1) is 13.2 Å². The van der Waals surface area contributed by atoms with Crippen LogP contribution in [0.1, 0.15) is 37.7 Å². The van der Waals surface area contributed by atoms with Gasteiger partial charge in [-0.05, 0) is 40.8 Å². The molecule has 152 valence electrons. The largest absolute Gasteiger partial charge is 0.573 e. The summed E-state index contributed by atoms with van der Waals surface area (Å²) >= 11 is 3.44. The molecule has 0 radical (unpaired) electrons. The fourth-order valence-corrected chi connectivity index (χ4v) is 3.59. The quantitative estimate of drug-likeness (QED) is 0.553. The highest BCUT2D eigenvalue weighted by atomic mass is 79.9. The van der Waals surface area contributed by atoms with Gasteiger partial charge in [-0.25, -0.2) is 4.98 Å². The molecule has 9 heteroatoms. The van der Waals surface area contributed by atoms with E-state index >= 15 is 0 Å². The van der Waals surface area contributed by atoms with E-state index in [1.807, 2.05) is 0 Å². The van der Waals surface area contributed by atoms with Gasteiger partial charge in [0.05, 0.1) is 4.47 Å². The highest BCUT2D eigenvalue weighted by Crippen LogP contribution is 2.28. The molecule has 1 aliphatic carbocycles. The Bertz CT molecular complexity index is 782. The van der Waals surface area contributed by atoms with Crippen LogP contribution >= 0.6 is 15.9 Å². The number of alkyl halides is 3. The summed E-state index contributed by atoms with van der Waals surface area (Å²) < 4.78 is 42.4. The Morgan fingerprint density at radius 2 is 1.86 bits per heavy atom. The molecule has 0 spiro atoms. The van der Waals surface area contributed by atoms with Crippen LogP contribution in [0.25, 0.3) is 0 Å². The van der Waals surface area contributed by atoms with Crippen molar-refractivity contribution in [1.82, 2.24) is 9.97 Å². The zero-order valence-corrected chi connectivity index (χ0v) is 16.8. The van der Waals surface area contributed by atoms with Gasteiger partial charge >= 0.3 is 6.36 Å². The highest BCUT2D eigenvalue weighted by Gasteiger charge is 2.31. The van der Waals surface area contributed by atoms with E-state index in [-0.39, 0.29) is 12.3 Å². The first-order valence-corrected chi connectivity index (χ1v) is 10.0. The Morgan fingerprint density at radius 3 is 2.61 bits per heavy atom. The van der Waals surface area contributed by atoms with Crippen LogP contribution in [-0.2, 0) is 6.54 Å². The highest BCUT2D eigenvalue weighted by molar-refractivity contribution is 9.10. The zero-order chi connectivity index (χ0) is 20.0. The van der Waals surface area contributed by atoms with Crippen molar-refractivity contribution in [2.45, 2.75) is 45.0 Å². The third-order valence-corrected chi connectivity index (χ3v) is 5.24. The molecule has 0 bridgehead atoms. The fraction of sp³-hybridized carbons (Fsp3) is 0.474. The zero-order valence-electron chi connectivity index (χ0n) is 15.2. The van der Waals surface area contributed by atoms with E-state index in [2.05, 4.69) is 41.3 Å². The average molecular weight is 459 g/mol. The number of rotatable bonds is 7. The predicted molar refractivity (Wildman–Crippen MR) is 105 cm³/mol. The van der Waals surface area contributed by atoms with Crippen molar-refractivity contribution in [2.75, 3.05) is 17.2 Å². The molecule has 1 aliphatic rings. The number of benzene rings is 1. The minimum atomic E-state index is -4.74. The van der Waals surface area contributed by atoms with Gasteiger partial charge in [-0.1, -0.05) is 37.5 Å². The third kappa shape index (κ3) is 6.25. The molecule has 1 aromatic carbocycles. The molecule has 2 N–H and O–H groups in total. The van der Waals surface area contributed by atoms with Crippen molar-refractivity contribution in [3.8, 4) is 5.75 Å². The first-order chi connectivity index (χ1) is 13.4. The summed E-state index contributed by atoms with van der Waals surface area (Å²) in [6, 6.07) is 5.99. The lowest BCUT2D eigenvalue weighted by Crippen LogP contribution is -2.19. The van der Waals surface area contributed by atoms with E-state index in [0.29, 0.717) is 23.2 Å². The molecular formula is C19H22BrF3N4O. The monoisotopic (exact) mass is 458 g/mol. The number of para-hydroxylation sites is 1. The van der Waals surface area contributed by atoms with Crippen LogP contribution in [0.15, 0.2) is 34.9 Å². The van der Waals surface area contributed by atoms with Gasteiger partial charge in [0, 0.05) is 24.8 Å². The summed E-state index contributed by atoms with van der Waals surface area (Å²) in [5.74, 6) is 1.40. The molecule has 0 saturated heterocycles. The number of nitrogens with zero attached hydrogens (tertiary/aromatic N) is 2. The molecule has 5 nitrogen and oxygen atoms in total. The second kappa shape index (κ2) is 9.45. The molecular weight excluding hydrogens is 437 g/mol. The summed E-state index contributed by atoms with van der Waals surface area (Å²) in [5, 5.41) is 6.31. The second-order valence-electron chi connectivity index (χ2n) is 6.78. The minimum absolute atomic E-state index is 0.107. The number of hydrogen-bond acceptors (Lipinski definition) is 5. The van der Waals surface area contributed by atoms with Crippen LogP contribution in [0, 0.1) is 5.92 Å². The molecule has 3 rings (SSSR count). The number of hydrogen-bond donors (Lipinski definition) is 2. The number of halogens is 4. The van der Waals surface area contributed by atoms with Crippen molar-refractivity contribution in [3.05, 3.63) is 40.5 Å². The standard InChI is InChI=1S/C19H22BrF3N4O/c20-15-12-26-18(27-17(15)24-10-13-6-2-1-3-7-13)25-11-14-8-4-5-9-16(14)28-19(21,22)23/h4-5,8-9,12-13H,1-3,6-7,10-11H2,(H2,24,25,26,27). The minimum Gasteiger partial charge on any atom is -0.405 e. The molecule has 0 amide bonds. The van der Waals surface area contributed by atoms with Crippen molar-refractivity contribution in [1.29, 1.82) is 0 Å². The lowest BCUT2D eigenvalue weighted by Gasteiger charge is -2.22. The van der Waals surface area contributed by atoms with E-state index in [1.54, 1.807) is 18.3 Å². The van der Waals surface area contributed by atoms with Crippen molar-refractivity contribution < 1.29 is 17.9 Å². The van der Waals surface area contributed by atoms with Gasteiger partial charge in [0.25, 0.3) is 0 Å². The van der Waals surface area contributed by atoms with Crippen LogP contribution in [0.2, 0.25) is 0 Å². The van der Waals surface area contributed by atoms with Crippen molar-refractivity contribution >= 4 is 27.7 Å². The molecule has 2 aromatic rings. The Balaban J connectivity index is 1.62. The predicted octanol–water partition coefficient (Wildman–Crippen LogP) is 5.74. The smallest absolute Gasteiger partial charge is 0.405 e. The van der Waals surface area contributed by atoms with Gasteiger partial charge in [0.15, 0.2) is 0 Å². The third-order valence-electron chi connectivity index (χ3n) is 4.66. The fourth-order valence-electron chi connectivity index (χ4n) is 3.26. The van der Waals surface area contributed by atoms with Gasteiger partial charge < -0.3 is 15.4 Å². The lowest BCUT2D eigenvalue weighted by atomic mass is 9.89. The van der Waals surface area contributed by atoms with Crippen molar-refractivity contribution in [2.24, 2.45) is 5.92 Å². The Morgan fingerprint density at radius 1 is 1.11 bits per heavy atom. The van der Waals surface area contributed by atoms with Crippen molar-refractivity contribution in [3.63, 3.8) is 0 Å². The van der Waals surface area contributed by atoms with E-state index in [1.165, 1.54) is 44.2 Å². The molecule has 28 heavy (non-hydrogen) atoms. The summed E-state index contributed by atoms with van der Waals surface area (Å²) in [5.41, 5.74) is 0.364. The summed E-state index contributed by atoms with van der Waals surface area (Å²) in [4.78, 5) is 8.61. The van der Waals surface area contributed by atoms with E-state index in [9.17, 15) is 13.2 Å². The summed E-state index contributed by atoms with van der Waals surface area (Å²) in [6.45, 7) is 0.952. The first kappa shape index (κ1) is 20.7. The van der Waals surface area contributed by atoms with Gasteiger partial charge in [-0.3, -0.25) is 0 Å². The molecule has 1 heterocycles. The number of ether oxygens (including phenoxy) is 1. The van der Waals surface area contributed by atoms with Crippen LogP contribution in [0.3, 0.4) is 0 Å². The summed E-state index contributed by atoms with van der Waals surface area (Å²) in [7, 11) is 0. The second-order valence-corrected chi connectivity index (χ2v) is 7.64. The topological polar surface area (TPSA) is 59.1 Å². The van der Waals surface area contributed by atoms with Crippen LogP contribution in [-0.4, -0.2) is 22.9 Å².